The zero-order valence-electron chi connectivity index (χ0n) is 8.42. The molecule has 0 N–H and O–H groups in total. The number of esters is 1. The summed E-state index contributed by atoms with van der Waals surface area (Å²) in [6.45, 7) is 0.478. The van der Waals surface area contributed by atoms with Crippen LogP contribution in [0.5, 0.6) is 0 Å². The normalized spacial score (nSPS) is 22.0. The van der Waals surface area contributed by atoms with Gasteiger partial charge in [-0.2, -0.15) is 0 Å². The number of benzene rings is 1. The molecule has 4 nitrogen and oxygen atoms in total. The topological polar surface area (TPSA) is 46.6 Å². The summed E-state index contributed by atoms with van der Waals surface area (Å²) in [6.07, 6.45) is 0.0558. The first kappa shape index (κ1) is 11.2. The summed E-state index contributed by atoms with van der Waals surface area (Å²) in [5.41, 5.74) is 2.23. The van der Waals surface area contributed by atoms with Crippen molar-refractivity contribution in [1.29, 1.82) is 0 Å². The predicted octanol–water partition coefficient (Wildman–Crippen LogP) is 1.09. The number of ether oxygens (including phenoxy) is 1. The van der Waals surface area contributed by atoms with Crippen LogP contribution < -0.4 is 0 Å². The molecule has 1 unspecified atom stereocenters. The van der Waals surface area contributed by atoms with Crippen molar-refractivity contribution in [3.8, 4) is 0 Å². The second-order valence-corrected chi connectivity index (χ2v) is 3.80. The zero-order valence-corrected chi connectivity index (χ0v) is 9.82. The number of nitrogens with zero attached hydrogens (tertiary/aromatic N) is 1. The summed E-state index contributed by atoms with van der Waals surface area (Å²) < 4.78 is 4.59. The van der Waals surface area contributed by atoms with Gasteiger partial charge in [0.15, 0.2) is 0 Å². The first-order chi connectivity index (χ1) is 7.25. The standard InChI is InChI=1S/C11H9NO3.V/c13-10-9-5-7-3-1-2-4-8(7)6-12(9)11(14)15-10;/h1-4,9H,5-6H2;. The van der Waals surface area contributed by atoms with Crippen LogP contribution in [-0.4, -0.2) is 23.0 Å². The second-order valence-electron chi connectivity index (χ2n) is 3.80. The number of hydrogen-bond donors (Lipinski definition) is 0. The number of cyclic esters (lactones) is 2. The molecule has 0 saturated carbocycles. The van der Waals surface area contributed by atoms with E-state index in [2.05, 4.69) is 4.74 Å². The third-order valence-electron chi connectivity index (χ3n) is 2.94. The maximum Gasteiger partial charge on any atom is 0.418 e. The van der Waals surface area contributed by atoms with E-state index in [9.17, 15) is 9.59 Å². The average molecular weight is 254 g/mol. The smallest absolute Gasteiger partial charge is 0.375 e. The Kier molecular flexibility index (Phi) is 2.78. The fraction of sp³-hybridized carbons (Fsp3) is 0.273. The quantitative estimate of drug-likeness (QED) is 0.514. The van der Waals surface area contributed by atoms with Crippen LogP contribution in [0.3, 0.4) is 0 Å². The van der Waals surface area contributed by atoms with E-state index in [-0.39, 0.29) is 18.6 Å². The second kappa shape index (κ2) is 3.96. The van der Waals surface area contributed by atoms with E-state index in [4.69, 9.17) is 0 Å². The van der Waals surface area contributed by atoms with Crippen molar-refractivity contribution < 1.29 is 32.9 Å². The van der Waals surface area contributed by atoms with Crippen LogP contribution in [-0.2, 0) is 41.1 Å². The molecule has 2 aliphatic heterocycles. The van der Waals surface area contributed by atoms with E-state index < -0.39 is 18.1 Å². The van der Waals surface area contributed by atoms with Gasteiger partial charge in [0, 0.05) is 25.0 Å². The molecular formula is C11H9NO3V. The van der Waals surface area contributed by atoms with Gasteiger partial charge in [0.25, 0.3) is 0 Å². The van der Waals surface area contributed by atoms with Crippen molar-refractivity contribution in [1.82, 2.24) is 4.90 Å². The van der Waals surface area contributed by atoms with Crippen molar-refractivity contribution in [2.45, 2.75) is 19.0 Å². The Balaban J connectivity index is 0.000000963. The molecular weight excluding hydrogens is 245 g/mol. The number of carbonyl (C=O) groups excluding carboxylic acids is 2. The van der Waals surface area contributed by atoms with Gasteiger partial charge in [-0.1, -0.05) is 24.3 Å². The molecule has 81 valence electrons. The fourth-order valence-corrected chi connectivity index (χ4v) is 2.14. The van der Waals surface area contributed by atoms with E-state index in [0.29, 0.717) is 13.0 Å². The SMILES string of the molecule is O=C1OC(=O)N2Cc3ccccc3CC12.[V]. The first-order valence-electron chi connectivity index (χ1n) is 4.85. The molecule has 5 heteroatoms. The summed E-state index contributed by atoms with van der Waals surface area (Å²) >= 11 is 0. The Morgan fingerprint density at radius 2 is 1.88 bits per heavy atom. The van der Waals surface area contributed by atoms with Crippen LogP contribution >= 0.6 is 0 Å². The molecule has 1 amide bonds. The van der Waals surface area contributed by atoms with Crippen LogP contribution in [0.1, 0.15) is 11.1 Å². The minimum atomic E-state index is -0.514. The summed E-state index contributed by atoms with van der Waals surface area (Å²) in [5, 5.41) is 0. The summed E-state index contributed by atoms with van der Waals surface area (Å²) in [7, 11) is 0. The number of fused-ring (bicyclic) bond motifs is 2. The Labute approximate surface area is 104 Å². The molecule has 1 fully saturated rings. The third-order valence-corrected chi connectivity index (χ3v) is 2.94. The molecule has 1 aromatic rings. The first-order valence-corrected chi connectivity index (χ1v) is 4.85. The molecule has 1 aromatic carbocycles. The van der Waals surface area contributed by atoms with Crippen LogP contribution in [0.15, 0.2) is 24.3 Å². The van der Waals surface area contributed by atoms with Gasteiger partial charge < -0.3 is 4.74 Å². The fourth-order valence-electron chi connectivity index (χ4n) is 2.14. The van der Waals surface area contributed by atoms with Crippen LogP contribution in [0.4, 0.5) is 4.79 Å². The van der Waals surface area contributed by atoms with Crippen molar-refractivity contribution in [3.05, 3.63) is 35.4 Å². The molecule has 1 atom stereocenters. The monoisotopic (exact) mass is 254 g/mol. The largest absolute Gasteiger partial charge is 0.418 e. The summed E-state index contributed by atoms with van der Waals surface area (Å²) in [6, 6.07) is 7.43. The van der Waals surface area contributed by atoms with Crippen LogP contribution in [0.25, 0.3) is 0 Å². The van der Waals surface area contributed by atoms with E-state index >= 15 is 0 Å². The van der Waals surface area contributed by atoms with Gasteiger partial charge in [-0.05, 0) is 11.1 Å². The molecule has 0 spiro atoms. The van der Waals surface area contributed by atoms with E-state index in [1.54, 1.807) is 0 Å². The average Bonchev–Trinajstić information content (AvgIpc) is 2.52. The minimum absolute atomic E-state index is 0. The van der Waals surface area contributed by atoms with Crippen molar-refractivity contribution in [2.24, 2.45) is 0 Å². The Morgan fingerprint density at radius 3 is 2.62 bits per heavy atom. The van der Waals surface area contributed by atoms with Gasteiger partial charge in [0.05, 0.1) is 6.54 Å². The molecule has 16 heavy (non-hydrogen) atoms. The van der Waals surface area contributed by atoms with Crippen molar-refractivity contribution in [2.75, 3.05) is 0 Å². The van der Waals surface area contributed by atoms with Crippen molar-refractivity contribution in [3.63, 3.8) is 0 Å². The van der Waals surface area contributed by atoms with Crippen molar-refractivity contribution >= 4 is 12.1 Å². The molecule has 3 rings (SSSR count). The van der Waals surface area contributed by atoms with Gasteiger partial charge in [-0.15, -0.1) is 0 Å². The van der Waals surface area contributed by atoms with E-state index in [1.807, 2.05) is 24.3 Å². The molecule has 1 saturated heterocycles. The number of rotatable bonds is 0. The Hall–Kier alpha value is -1.26. The maximum absolute atomic E-state index is 11.3. The Morgan fingerprint density at radius 1 is 1.19 bits per heavy atom. The van der Waals surface area contributed by atoms with Gasteiger partial charge in [-0.25, -0.2) is 9.59 Å². The van der Waals surface area contributed by atoms with E-state index in [1.165, 1.54) is 4.90 Å². The molecule has 0 aliphatic carbocycles. The molecule has 2 heterocycles. The maximum atomic E-state index is 11.3. The number of carbonyl (C=O) groups is 2. The van der Waals surface area contributed by atoms with E-state index in [0.717, 1.165) is 11.1 Å². The minimum Gasteiger partial charge on any atom is -0.375 e. The number of amides is 1. The molecule has 1 radical (unpaired) electrons. The number of hydrogen-bond acceptors (Lipinski definition) is 3. The molecule has 0 aromatic heterocycles. The van der Waals surface area contributed by atoms with Gasteiger partial charge in [0.2, 0.25) is 0 Å². The van der Waals surface area contributed by atoms with Gasteiger partial charge >= 0.3 is 12.1 Å². The summed E-state index contributed by atoms with van der Waals surface area (Å²) in [5.74, 6) is -0.422. The van der Waals surface area contributed by atoms with Crippen LogP contribution in [0, 0.1) is 0 Å². The molecule has 0 bridgehead atoms. The zero-order chi connectivity index (χ0) is 10.4. The van der Waals surface area contributed by atoms with Crippen LogP contribution in [0.2, 0.25) is 0 Å². The third kappa shape index (κ3) is 1.54. The predicted molar refractivity (Wildman–Crippen MR) is 51.0 cm³/mol. The molecule has 2 aliphatic rings. The van der Waals surface area contributed by atoms with Gasteiger partial charge in [-0.3, -0.25) is 4.90 Å². The Bertz CT molecular complexity index is 419. The summed E-state index contributed by atoms with van der Waals surface area (Å²) in [4.78, 5) is 24.1. The van der Waals surface area contributed by atoms with Gasteiger partial charge in [0.1, 0.15) is 6.04 Å².